The number of nitrogen functional groups attached to an aromatic ring is 1. The molecule has 3 N–H and O–H groups in total. The van der Waals surface area contributed by atoms with Gasteiger partial charge in [-0.2, -0.15) is 4.98 Å². The summed E-state index contributed by atoms with van der Waals surface area (Å²) in [7, 11) is -4.85. The number of rotatable bonds is 5. The summed E-state index contributed by atoms with van der Waals surface area (Å²) in [6, 6.07) is 1.27. The fraction of sp³-hybridized carbons (Fsp3) is 0.250. The number of hydrogen-bond donors (Lipinski definition) is 2. The largest absolute Gasteiger partial charge is 1.00 e. The standard InChI is InChI=1S/C8H12N3O6P.2Na/c9-7-1-3-11(8(13)10-7)17-6(5-12)2-4-18(14,15)16;;/h1-4,6,12H,5H2,(H2,9,10,13)(H2,14,15,16);;/q;2*+1/p-2/b4-2+;;. The number of aliphatic hydroxyl groups is 1. The van der Waals surface area contributed by atoms with Crippen LogP contribution in [0.3, 0.4) is 0 Å². The van der Waals surface area contributed by atoms with Crippen LogP contribution in [0.2, 0.25) is 0 Å². The minimum absolute atomic E-state index is 0. The average molecular weight is 321 g/mol. The van der Waals surface area contributed by atoms with E-state index in [9.17, 15) is 19.1 Å². The summed E-state index contributed by atoms with van der Waals surface area (Å²) in [5, 5.41) is 8.90. The monoisotopic (exact) mass is 321 g/mol. The Kier molecular flexibility index (Phi) is 11.4. The van der Waals surface area contributed by atoms with Crippen molar-refractivity contribution < 1.29 is 83.4 Å². The third-order valence-corrected chi connectivity index (χ3v) is 2.24. The van der Waals surface area contributed by atoms with Gasteiger partial charge in [0.15, 0.2) is 6.10 Å². The zero-order chi connectivity index (χ0) is 13.8. The Morgan fingerprint density at radius 1 is 1.55 bits per heavy atom. The molecule has 0 amide bonds. The Labute approximate surface area is 158 Å². The first-order valence-corrected chi connectivity index (χ1v) is 6.27. The third-order valence-electron chi connectivity index (χ3n) is 1.71. The quantitative estimate of drug-likeness (QED) is 0.400. The summed E-state index contributed by atoms with van der Waals surface area (Å²) < 4.78 is 11.0. The summed E-state index contributed by atoms with van der Waals surface area (Å²) >= 11 is 0. The molecule has 0 aliphatic heterocycles. The second-order valence-electron chi connectivity index (χ2n) is 3.17. The third kappa shape index (κ3) is 8.58. The van der Waals surface area contributed by atoms with Crippen molar-refractivity contribution in [2.75, 3.05) is 12.3 Å². The van der Waals surface area contributed by atoms with Gasteiger partial charge in [0.05, 0.1) is 12.8 Å². The van der Waals surface area contributed by atoms with Gasteiger partial charge in [-0.3, -0.25) is 0 Å². The van der Waals surface area contributed by atoms with Crippen LogP contribution in [0.4, 0.5) is 5.82 Å². The predicted octanol–water partition coefficient (Wildman–Crippen LogP) is -8.95. The van der Waals surface area contributed by atoms with Crippen LogP contribution < -0.4 is 85.2 Å². The first kappa shape index (κ1) is 22.6. The molecule has 0 bridgehead atoms. The van der Waals surface area contributed by atoms with E-state index in [0.717, 1.165) is 12.3 Å². The molecule has 20 heavy (non-hydrogen) atoms. The van der Waals surface area contributed by atoms with Crippen molar-refractivity contribution in [3.05, 3.63) is 34.6 Å². The summed E-state index contributed by atoms with van der Waals surface area (Å²) in [6.07, 6.45) is 0.794. The van der Waals surface area contributed by atoms with Crippen molar-refractivity contribution >= 4 is 13.4 Å². The molecule has 1 aromatic heterocycles. The van der Waals surface area contributed by atoms with Gasteiger partial charge in [0, 0.05) is 6.07 Å². The smallest absolute Gasteiger partial charge is 0.808 e. The van der Waals surface area contributed by atoms with E-state index in [-0.39, 0.29) is 64.9 Å². The Morgan fingerprint density at radius 2 is 2.15 bits per heavy atom. The molecule has 100 valence electrons. The van der Waals surface area contributed by atoms with E-state index >= 15 is 0 Å². The molecule has 12 heteroatoms. The molecule has 0 radical (unpaired) electrons. The van der Waals surface area contributed by atoms with E-state index in [1.165, 1.54) is 6.07 Å². The van der Waals surface area contributed by atoms with Crippen LogP contribution in [-0.2, 0) is 4.57 Å². The SMILES string of the molecule is Nc1ccn(OC(/C=C/P(=O)([O-])[O-])CO)c(=O)n1.[Na+].[Na+]. The number of nitrogens with zero attached hydrogens (tertiary/aromatic N) is 2. The van der Waals surface area contributed by atoms with Crippen LogP contribution in [0.15, 0.2) is 29.0 Å². The molecule has 1 aromatic rings. The van der Waals surface area contributed by atoms with E-state index in [1.807, 2.05) is 0 Å². The van der Waals surface area contributed by atoms with E-state index in [1.54, 1.807) is 0 Å². The average Bonchev–Trinajstić information content (AvgIpc) is 2.25. The minimum Gasteiger partial charge on any atom is -0.808 e. The van der Waals surface area contributed by atoms with Gasteiger partial charge in [0.25, 0.3) is 0 Å². The molecule has 0 spiro atoms. The van der Waals surface area contributed by atoms with Crippen LogP contribution in [-0.4, -0.2) is 27.5 Å². The fourth-order valence-corrected chi connectivity index (χ4v) is 1.36. The summed E-state index contributed by atoms with van der Waals surface area (Å²) in [4.78, 5) is 40.2. The van der Waals surface area contributed by atoms with Crippen LogP contribution in [0.25, 0.3) is 0 Å². The van der Waals surface area contributed by atoms with Crippen LogP contribution in [0, 0.1) is 0 Å². The maximum atomic E-state index is 11.3. The summed E-state index contributed by atoms with van der Waals surface area (Å²) in [5.41, 5.74) is 4.41. The first-order valence-electron chi connectivity index (χ1n) is 4.66. The molecule has 1 atom stereocenters. The maximum Gasteiger partial charge on any atom is 1.00 e. The van der Waals surface area contributed by atoms with E-state index in [4.69, 9.17) is 15.7 Å². The molecule has 0 aliphatic carbocycles. The second-order valence-corrected chi connectivity index (χ2v) is 4.55. The van der Waals surface area contributed by atoms with E-state index < -0.39 is 26.0 Å². The van der Waals surface area contributed by atoms with Gasteiger partial charge in [-0.1, -0.05) is 5.82 Å². The van der Waals surface area contributed by atoms with E-state index in [0.29, 0.717) is 10.5 Å². The molecule has 1 heterocycles. The van der Waals surface area contributed by atoms with Crippen LogP contribution in [0.1, 0.15) is 0 Å². The van der Waals surface area contributed by atoms with E-state index in [2.05, 4.69) is 4.98 Å². The number of aromatic nitrogens is 2. The molecule has 1 unspecified atom stereocenters. The Morgan fingerprint density at radius 3 is 2.60 bits per heavy atom. The summed E-state index contributed by atoms with van der Waals surface area (Å²) in [6.45, 7) is -0.632. The van der Waals surface area contributed by atoms with Crippen molar-refractivity contribution in [2.24, 2.45) is 0 Å². The maximum absolute atomic E-state index is 11.3. The first-order chi connectivity index (χ1) is 8.31. The topological polar surface area (TPSA) is 154 Å². The van der Waals surface area contributed by atoms with Gasteiger partial charge in [-0.25, -0.2) is 4.79 Å². The Hall–Kier alpha value is 0.330. The van der Waals surface area contributed by atoms with Gasteiger partial charge in [-0.05, 0) is 13.7 Å². The molecule has 0 saturated heterocycles. The predicted molar refractivity (Wildman–Crippen MR) is 57.1 cm³/mol. The van der Waals surface area contributed by atoms with Crippen molar-refractivity contribution in [2.45, 2.75) is 6.10 Å². The molecule has 0 saturated carbocycles. The second kappa shape index (κ2) is 10.1. The zero-order valence-corrected chi connectivity index (χ0v) is 15.9. The van der Waals surface area contributed by atoms with Crippen molar-refractivity contribution in [3.8, 4) is 0 Å². The van der Waals surface area contributed by atoms with Crippen molar-refractivity contribution in [3.63, 3.8) is 0 Å². The number of anilines is 1. The molecular formula is C8H10N3Na2O6P. The van der Waals surface area contributed by atoms with Gasteiger partial charge >= 0.3 is 64.8 Å². The Bertz CT molecular complexity index is 545. The van der Waals surface area contributed by atoms with Gasteiger partial charge < -0.3 is 30.0 Å². The molecule has 1 rings (SSSR count). The Balaban J connectivity index is 0. The fourth-order valence-electron chi connectivity index (χ4n) is 0.962. The number of hydrogen-bond acceptors (Lipinski definition) is 8. The van der Waals surface area contributed by atoms with Crippen LogP contribution >= 0.6 is 7.60 Å². The van der Waals surface area contributed by atoms with Gasteiger partial charge in [-0.15, -0.1) is 4.73 Å². The van der Waals surface area contributed by atoms with Gasteiger partial charge in [0.2, 0.25) is 0 Å². The minimum atomic E-state index is -4.85. The molecule has 0 aliphatic rings. The van der Waals surface area contributed by atoms with Crippen molar-refractivity contribution in [1.29, 1.82) is 0 Å². The molecule has 0 fully saturated rings. The van der Waals surface area contributed by atoms with Crippen molar-refractivity contribution in [1.82, 2.24) is 9.71 Å². The molecule has 9 nitrogen and oxygen atoms in total. The summed E-state index contributed by atoms with van der Waals surface area (Å²) in [5.74, 6) is 0.337. The molecule has 0 aromatic carbocycles. The zero-order valence-electron chi connectivity index (χ0n) is 11.0. The normalized spacial score (nSPS) is 12.3. The number of aliphatic hydroxyl groups excluding tert-OH is 1. The van der Waals surface area contributed by atoms with Gasteiger partial charge in [0.1, 0.15) is 5.82 Å². The number of nitrogens with two attached hydrogens (primary N) is 1. The molecular weight excluding hydrogens is 311 g/mol. The van der Waals surface area contributed by atoms with Crippen LogP contribution in [0.5, 0.6) is 0 Å².